The lowest BCUT2D eigenvalue weighted by Crippen LogP contribution is -2.32. The van der Waals surface area contributed by atoms with Crippen LogP contribution < -0.4 is 20.2 Å². The zero-order chi connectivity index (χ0) is 23.8. The maximum atomic E-state index is 12.2. The standard InChI is InChI=1S/C23H17Cl2N3O5/c1-32-18-4-2-3-15(11-18)23(31)33-17-8-5-14(6-9-17)13-26-28-22(30)21(29)27-20-12-16(24)7-10-19(20)25/h2-13H,1H3,(H,27,29)(H,28,30)/b26-13+. The molecular formula is C23H17Cl2N3O5. The Balaban J connectivity index is 1.53. The fourth-order valence-corrected chi connectivity index (χ4v) is 2.86. The number of nitrogens with one attached hydrogen (secondary N) is 2. The molecule has 0 bridgehead atoms. The van der Waals surface area contributed by atoms with Crippen LogP contribution in [0.5, 0.6) is 11.5 Å². The van der Waals surface area contributed by atoms with Crippen molar-refractivity contribution in [3.8, 4) is 11.5 Å². The van der Waals surface area contributed by atoms with Crippen molar-refractivity contribution < 1.29 is 23.9 Å². The number of carbonyl (C=O) groups is 3. The second-order valence-electron chi connectivity index (χ2n) is 6.47. The Morgan fingerprint density at radius 3 is 2.39 bits per heavy atom. The summed E-state index contributed by atoms with van der Waals surface area (Å²) >= 11 is 11.8. The summed E-state index contributed by atoms with van der Waals surface area (Å²) in [4.78, 5) is 36.1. The van der Waals surface area contributed by atoms with Crippen LogP contribution in [0.15, 0.2) is 71.8 Å². The minimum Gasteiger partial charge on any atom is -0.497 e. The van der Waals surface area contributed by atoms with Crippen LogP contribution in [0.1, 0.15) is 15.9 Å². The second kappa shape index (κ2) is 11.1. The molecule has 0 saturated carbocycles. The van der Waals surface area contributed by atoms with Gasteiger partial charge in [-0.2, -0.15) is 5.10 Å². The monoisotopic (exact) mass is 485 g/mol. The number of halogens is 2. The number of nitrogens with zero attached hydrogens (tertiary/aromatic N) is 1. The van der Waals surface area contributed by atoms with Gasteiger partial charge < -0.3 is 14.8 Å². The van der Waals surface area contributed by atoms with Gasteiger partial charge in [-0.3, -0.25) is 9.59 Å². The maximum absolute atomic E-state index is 12.2. The van der Waals surface area contributed by atoms with Gasteiger partial charge in [0.05, 0.1) is 29.6 Å². The first kappa shape index (κ1) is 23.8. The molecule has 0 atom stereocenters. The minimum atomic E-state index is -0.994. The molecule has 2 amide bonds. The van der Waals surface area contributed by atoms with Crippen molar-refractivity contribution >= 4 is 52.9 Å². The SMILES string of the molecule is COc1cccc(C(=O)Oc2ccc(/C=N/NC(=O)C(=O)Nc3cc(Cl)ccc3Cl)cc2)c1. The summed E-state index contributed by atoms with van der Waals surface area (Å²) in [7, 11) is 1.51. The number of rotatable bonds is 6. The molecule has 0 heterocycles. The van der Waals surface area contributed by atoms with E-state index in [1.807, 2.05) is 0 Å². The molecule has 8 nitrogen and oxygen atoms in total. The van der Waals surface area contributed by atoms with Gasteiger partial charge in [-0.15, -0.1) is 0 Å². The van der Waals surface area contributed by atoms with Gasteiger partial charge in [0.1, 0.15) is 11.5 Å². The highest BCUT2D eigenvalue weighted by Crippen LogP contribution is 2.25. The van der Waals surface area contributed by atoms with Crippen molar-refractivity contribution in [1.82, 2.24) is 5.43 Å². The number of anilines is 1. The summed E-state index contributed by atoms with van der Waals surface area (Å²) in [5.74, 6) is -1.63. The minimum absolute atomic E-state index is 0.201. The van der Waals surface area contributed by atoms with Crippen molar-refractivity contribution in [1.29, 1.82) is 0 Å². The van der Waals surface area contributed by atoms with E-state index in [-0.39, 0.29) is 10.7 Å². The topological polar surface area (TPSA) is 106 Å². The zero-order valence-electron chi connectivity index (χ0n) is 17.2. The van der Waals surface area contributed by atoms with Crippen molar-refractivity contribution in [2.24, 2.45) is 5.10 Å². The molecule has 0 aliphatic carbocycles. The Labute approximate surface area is 199 Å². The first-order valence-corrected chi connectivity index (χ1v) is 10.2. The summed E-state index contributed by atoms with van der Waals surface area (Å²) in [6.45, 7) is 0. The molecule has 0 radical (unpaired) electrons. The summed E-state index contributed by atoms with van der Waals surface area (Å²) in [6, 6.07) is 17.4. The van der Waals surface area contributed by atoms with Gasteiger partial charge in [0.25, 0.3) is 0 Å². The molecular weight excluding hydrogens is 469 g/mol. The smallest absolute Gasteiger partial charge is 0.343 e. The normalized spacial score (nSPS) is 10.5. The van der Waals surface area contributed by atoms with E-state index in [1.54, 1.807) is 54.6 Å². The highest BCUT2D eigenvalue weighted by atomic mass is 35.5. The first-order valence-electron chi connectivity index (χ1n) is 9.41. The van der Waals surface area contributed by atoms with Crippen LogP contribution >= 0.6 is 23.2 Å². The van der Waals surface area contributed by atoms with E-state index < -0.39 is 17.8 Å². The summed E-state index contributed by atoms with van der Waals surface area (Å²) in [5.41, 5.74) is 3.25. The third kappa shape index (κ3) is 6.80. The quantitative estimate of drug-likeness (QED) is 0.178. The van der Waals surface area contributed by atoms with E-state index in [0.717, 1.165) is 0 Å². The van der Waals surface area contributed by atoms with Gasteiger partial charge in [0.15, 0.2) is 0 Å². The first-order chi connectivity index (χ1) is 15.9. The van der Waals surface area contributed by atoms with E-state index in [4.69, 9.17) is 32.7 Å². The molecule has 2 N–H and O–H groups in total. The number of benzene rings is 3. The van der Waals surface area contributed by atoms with Gasteiger partial charge >= 0.3 is 17.8 Å². The van der Waals surface area contributed by atoms with Crippen molar-refractivity contribution in [2.75, 3.05) is 12.4 Å². The molecule has 0 fully saturated rings. The largest absolute Gasteiger partial charge is 0.497 e. The molecule has 33 heavy (non-hydrogen) atoms. The lowest BCUT2D eigenvalue weighted by Gasteiger charge is -2.06. The average Bonchev–Trinajstić information content (AvgIpc) is 2.82. The van der Waals surface area contributed by atoms with Crippen LogP contribution in [-0.2, 0) is 9.59 Å². The Morgan fingerprint density at radius 2 is 1.67 bits per heavy atom. The molecule has 0 aliphatic rings. The van der Waals surface area contributed by atoms with Gasteiger partial charge in [-0.25, -0.2) is 10.2 Å². The van der Waals surface area contributed by atoms with Crippen molar-refractivity contribution in [2.45, 2.75) is 0 Å². The molecule has 0 spiro atoms. The predicted octanol–water partition coefficient (Wildman–Crippen LogP) is 4.31. The number of hydrogen-bond acceptors (Lipinski definition) is 6. The molecule has 0 unspecified atom stereocenters. The maximum Gasteiger partial charge on any atom is 0.343 e. The van der Waals surface area contributed by atoms with Crippen LogP contribution in [0.25, 0.3) is 0 Å². The number of hydrazone groups is 1. The molecule has 0 aliphatic heterocycles. The highest BCUT2D eigenvalue weighted by molar-refractivity contribution is 6.42. The van der Waals surface area contributed by atoms with E-state index in [0.29, 0.717) is 27.6 Å². The van der Waals surface area contributed by atoms with Crippen molar-refractivity contribution in [3.05, 3.63) is 87.9 Å². The van der Waals surface area contributed by atoms with E-state index in [1.165, 1.54) is 25.5 Å². The number of amides is 2. The number of methoxy groups -OCH3 is 1. The molecule has 3 aromatic carbocycles. The Bertz CT molecular complexity index is 1210. The molecule has 0 saturated heterocycles. The van der Waals surface area contributed by atoms with E-state index in [2.05, 4.69) is 15.8 Å². The highest BCUT2D eigenvalue weighted by Gasteiger charge is 2.15. The third-order valence-electron chi connectivity index (χ3n) is 4.16. The van der Waals surface area contributed by atoms with Gasteiger partial charge in [0.2, 0.25) is 0 Å². The van der Waals surface area contributed by atoms with Crippen LogP contribution in [0.3, 0.4) is 0 Å². The summed E-state index contributed by atoms with van der Waals surface area (Å²) in [5, 5.41) is 6.67. The second-order valence-corrected chi connectivity index (χ2v) is 7.31. The Hall–Kier alpha value is -3.88. The zero-order valence-corrected chi connectivity index (χ0v) is 18.7. The van der Waals surface area contributed by atoms with Crippen molar-refractivity contribution in [3.63, 3.8) is 0 Å². The Morgan fingerprint density at radius 1 is 0.909 bits per heavy atom. The van der Waals surface area contributed by atoms with E-state index in [9.17, 15) is 14.4 Å². The van der Waals surface area contributed by atoms with Crippen LogP contribution in [0, 0.1) is 0 Å². The predicted molar refractivity (Wildman–Crippen MR) is 125 cm³/mol. The third-order valence-corrected chi connectivity index (χ3v) is 4.72. The molecule has 3 aromatic rings. The van der Waals surface area contributed by atoms with Crippen LogP contribution in [0.2, 0.25) is 10.0 Å². The molecule has 0 aromatic heterocycles. The molecule has 10 heteroatoms. The number of esters is 1. The van der Waals surface area contributed by atoms with Crippen LogP contribution in [-0.4, -0.2) is 31.1 Å². The molecule has 168 valence electrons. The number of ether oxygens (including phenoxy) is 2. The lowest BCUT2D eigenvalue weighted by molar-refractivity contribution is -0.136. The summed E-state index contributed by atoms with van der Waals surface area (Å²) in [6.07, 6.45) is 1.32. The fraction of sp³-hybridized carbons (Fsp3) is 0.0435. The number of carbonyl (C=O) groups excluding carboxylic acids is 3. The van der Waals surface area contributed by atoms with Gasteiger partial charge in [-0.05, 0) is 66.2 Å². The fourth-order valence-electron chi connectivity index (χ4n) is 2.53. The van der Waals surface area contributed by atoms with Gasteiger partial charge in [0, 0.05) is 5.02 Å². The van der Waals surface area contributed by atoms with Gasteiger partial charge in [-0.1, -0.05) is 29.3 Å². The van der Waals surface area contributed by atoms with E-state index >= 15 is 0 Å². The van der Waals surface area contributed by atoms with Crippen LogP contribution in [0.4, 0.5) is 5.69 Å². The average molecular weight is 486 g/mol. The lowest BCUT2D eigenvalue weighted by atomic mass is 10.2. The molecule has 3 rings (SSSR count). The Kier molecular flexibility index (Phi) is 8.01. The number of hydrogen-bond donors (Lipinski definition) is 2. The summed E-state index contributed by atoms with van der Waals surface area (Å²) < 4.78 is 10.4.